The van der Waals surface area contributed by atoms with Crippen LogP contribution < -0.4 is 10.0 Å². The summed E-state index contributed by atoms with van der Waals surface area (Å²) in [6, 6.07) is 1.76. The summed E-state index contributed by atoms with van der Waals surface area (Å²) in [7, 11) is -1.48. The molecule has 0 unspecified atom stereocenters. The Kier molecular flexibility index (Phi) is 6.28. The van der Waals surface area contributed by atoms with Gasteiger partial charge in [-0.3, -0.25) is 0 Å². The fourth-order valence-electron chi connectivity index (χ4n) is 1.71. The first-order valence-electron chi connectivity index (χ1n) is 6.24. The molecule has 104 valence electrons. The van der Waals surface area contributed by atoms with Gasteiger partial charge in [0.2, 0.25) is 10.0 Å². The van der Waals surface area contributed by atoms with Crippen LogP contribution in [0.1, 0.15) is 35.9 Å². The lowest BCUT2D eigenvalue weighted by Gasteiger charge is -2.05. The van der Waals surface area contributed by atoms with Gasteiger partial charge in [0.05, 0.1) is 4.90 Å². The van der Waals surface area contributed by atoms with E-state index in [1.165, 1.54) is 11.3 Å². The van der Waals surface area contributed by atoms with Gasteiger partial charge in [-0.2, -0.15) is 0 Å². The van der Waals surface area contributed by atoms with E-state index in [1.807, 2.05) is 14.0 Å². The smallest absolute Gasteiger partial charge is 0.241 e. The molecule has 1 aromatic heterocycles. The number of unbranched alkanes of at least 4 members (excludes halogenated alkanes) is 2. The van der Waals surface area contributed by atoms with E-state index < -0.39 is 10.0 Å². The monoisotopic (exact) mass is 290 g/mol. The van der Waals surface area contributed by atoms with Gasteiger partial charge in [0.25, 0.3) is 0 Å². The second-order valence-electron chi connectivity index (χ2n) is 4.27. The van der Waals surface area contributed by atoms with Crippen LogP contribution in [-0.4, -0.2) is 22.0 Å². The zero-order chi connectivity index (χ0) is 13.6. The Labute approximate surface area is 114 Å². The summed E-state index contributed by atoms with van der Waals surface area (Å²) in [6.45, 7) is 5.18. The molecule has 1 heterocycles. The van der Waals surface area contributed by atoms with Crippen molar-refractivity contribution in [3.05, 3.63) is 15.8 Å². The van der Waals surface area contributed by atoms with Gasteiger partial charge < -0.3 is 5.32 Å². The maximum atomic E-state index is 12.1. The van der Waals surface area contributed by atoms with E-state index >= 15 is 0 Å². The number of sulfonamides is 1. The molecule has 0 atom stereocenters. The normalized spacial score (nSPS) is 11.9. The first-order valence-corrected chi connectivity index (χ1v) is 8.54. The molecular weight excluding hydrogens is 268 g/mol. The molecule has 0 amide bonds. The van der Waals surface area contributed by atoms with Gasteiger partial charge in [-0.25, -0.2) is 13.1 Å². The fourth-order valence-corrected chi connectivity index (χ4v) is 4.43. The van der Waals surface area contributed by atoms with Crippen molar-refractivity contribution in [1.82, 2.24) is 10.0 Å². The zero-order valence-electron chi connectivity index (χ0n) is 11.2. The first kappa shape index (κ1) is 15.6. The van der Waals surface area contributed by atoms with E-state index in [-0.39, 0.29) is 0 Å². The number of hydrogen-bond donors (Lipinski definition) is 2. The van der Waals surface area contributed by atoms with Crippen molar-refractivity contribution < 1.29 is 8.42 Å². The lowest BCUT2D eigenvalue weighted by Crippen LogP contribution is -2.24. The maximum Gasteiger partial charge on any atom is 0.241 e. The summed E-state index contributed by atoms with van der Waals surface area (Å²) in [6.07, 6.45) is 3.03. The Morgan fingerprint density at radius 1 is 1.33 bits per heavy atom. The average molecular weight is 290 g/mol. The zero-order valence-corrected chi connectivity index (χ0v) is 12.9. The van der Waals surface area contributed by atoms with E-state index in [2.05, 4.69) is 17.0 Å². The second kappa shape index (κ2) is 7.23. The van der Waals surface area contributed by atoms with Crippen molar-refractivity contribution in [1.29, 1.82) is 0 Å². The van der Waals surface area contributed by atoms with E-state index in [4.69, 9.17) is 0 Å². The molecule has 6 heteroatoms. The number of thiophene rings is 1. The minimum absolute atomic E-state index is 0.425. The lowest BCUT2D eigenvalue weighted by atomic mass is 10.3. The van der Waals surface area contributed by atoms with Crippen molar-refractivity contribution >= 4 is 21.4 Å². The van der Waals surface area contributed by atoms with Crippen molar-refractivity contribution in [2.45, 2.75) is 44.6 Å². The molecule has 0 bridgehead atoms. The minimum Gasteiger partial charge on any atom is -0.315 e. The molecule has 0 radical (unpaired) electrons. The first-order chi connectivity index (χ1) is 8.51. The summed E-state index contributed by atoms with van der Waals surface area (Å²) in [5.74, 6) is 0. The molecule has 0 fully saturated rings. The summed E-state index contributed by atoms with van der Waals surface area (Å²) < 4.78 is 26.9. The van der Waals surface area contributed by atoms with E-state index in [1.54, 1.807) is 6.07 Å². The van der Waals surface area contributed by atoms with Gasteiger partial charge >= 0.3 is 0 Å². The van der Waals surface area contributed by atoms with Crippen LogP contribution in [0.15, 0.2) is 11.0 Å². The number of hydrogen-bond acceptors (Lipinski definition) is 4. The van der Waals surface area contributed by atoms with Gasteiger partial charge in [0.1, 0.15) is 0 Å². The van der Waals surface area contributed by atoms with Crippen LogP contribution in [-0.2, 0) is 16.6 Å². The van der Waals surface area contributed by atoms with Crippen LogP contribution in [0.25, 0.3) is 0 Å². The molecule has 0 spiro atoms. The van der Waals surface area contributed by atoms with Gasteiger partial charge in [-0.15, -0.1) is 11.3 Å². The van der Waals surface area contributed by atoms with E-state index in [9.17, 15) is 8.42 Å². The SMILES string of the molecule is CCCCCNS(=O)(=O)c1cc(CNC)sc1C. The van der Waals surface area contributed by atoms with Crippen molar-refractivity contribution in [2.75, 3.05) is 13.6 Å². The van der Waals surface area contributed by atoms with Crippen molar-refractivity contribution in [3.63, 3.8) is 0 Å². The van der Waals surface area contributed by atoms with Gasteiger partial charge in [0.15, 0.2) is 0 Å². The van der Waals surface area contributed by atoms with E-state index in [0.717, 1.165) is 29.0 Å². The predicted molar refractivity (Wildman–Crippen MR) is 76.5 cm³/mol. The molecule has 0 saturated carbocycles. The molecule has 0 saturated heterocycles. The number of rotatable bonds is 8. The topological polar surface area (TPSA) is 58.2 Å². The number of nitrogens with one attached hydrogen (secondary N) is 2. The third-order valence-electron chi connectivity index (χ3n) is 2.64. The highest BCUT2D eigenvalue weighted by molar-refractivity contribution is 7.89. The average Bonchev–Trinajstić information content (AvgIpc) is 2.67. The quantitative estimate of drug-likeness (QED) is 0.722. The third kappa shape index (κ3) is 4.35. The van der Waals surface area contributed by atoms with Crippen LogP contribution in [0.2, 0.25) is 0 Å². The summed E-state index contributed by atoms with van der Waals surface area (Å²) in [5, 5.41) is 3.03. The van der Waals surface area contributed by atoms with Gasteiger partial charge in [0, 0.05) is 22.8 Å². The minimum atomic E-state index is -3.34. The van der Waals surface area contributed by atoms with Crippen LogP contribution in [0, 0.1) is 6.92 Å². The van der Waals surface area contributed by atoms with Gasteiger partial charge in [-0.05, 0) is 26.5 Å². The largest absolute Gasteiger partial charge is 0.315 e. The Morgan fingerprint density at radius 3 is 2.67 bits per heavy atom. The van der Waals surface area contributed by atoms with Crippen LogP contribution in [0.5, 0.6) is 0 Å². The molecule has 0 aliphatic carbocycles. The highest BCUT2D eigenvalue weighted by Gasteiger charge is 2.18. The highest BCUT2D eigenvalue weighted by atomic mass is 32.2. The molecule has 0 aromatic carbocycles. The molecule has 4 nitrogen and oxygen atoms in total. The molecule has 1 rings (SSSR count). The molecule has 0 aliphatic heterocycles. The maximum absolute atomic E-state index is 12.1. The summed E-state index contributed by atoms with van der Waals surface area (Å²) in [4.78, 5) is 2.32. The molecule has 0 aliphatic rings. The van der Waals surface area contributed by atoms with Crippen molar-refractivity contribution in [3.8, 4) is 0 Å². The third-order valence-corrected chi connectivity index (χ3v) is 5.40. The molecule has 18 heavy (non-hydrogen) atoms. The van der Waals surface area contributed by atoms with Gasteiger partial charge in [-0.1, -0.05) is 19.8 Å². The lowest BCUT2D eigenvalue weighted by molar-refractivity contribution is 0.576. The molecule has 1 aromatic rings. The standard InChI is InChI=1S/C12H22N2O2S2/c1-4-5-6-7-14-18(15,16)12-8-11(9-13-3)17-10(12)2/h8,13-14H,4-7,9H2,1-3H3. The Bertz CT molecular complexity index is 466. The second-order valence-corrected chi connectivity index (χ2v) is 7.34. The summed E-state index contributed by atoms with van der Waals surface area (Å²) >= 11 is 1.53. The van der Waals surface area contributed by atoms with Crippen LogP contribution in [0.4, 0.5) is 0 Å². The van der Waals surface area contributed by atoms with Crippen molar-refractivity contribution in [2.24, 2.45) is 0 Å². The Morgan fingerprint density at radius 2 is 2.06 bits per heavy atom. The highest BCUT2D eigenvalue weighted by Crippen LogP contribution is 2.25. The van der Waals surface area contributed by atoms with Crippen LogP contribution in [0.3, 0.4) is 0 Å². The van der Waals surface area contributed by atoms with E-state index in [0.29, 0.717) is 18.0 Å². The predicted octanol–water partition coefficient (Wildman–Crippen LogP) is 2.24. The molecule has 2 N–H and O–H groups in total. The fraction of sp³-hybridized carbons (Fsp3) is 0.667. The molecular formula is C12H22N2O2S2. The number of aryl methyl sites for hydroxylation is 1. The summed E-state index contributed by atoms with van der Waals surface area (Å²) in [5.41, 5.74) is 0. The Balaban J connectivity index is 2.72. The Hall–Kier alpha value is -0.430. The van der Waals surface area contributed by atoms with Crippen LogP contribution >= 0.6 is 11.3 Å².